The monoisotopic (exact) mass is 352 g/mol. The number of guanidine groups is 1. The molecule has 1 saturated heterocycles. The Morgan fingerprint density at radius 1 is 1.20 bits per heavy atom. The third-order valence-electron chi connectivity index (χ3n) is 5.30. The second-order valence-electron chi connectivity index (χ2n) is 7.27. The lowest BCUT2D eigenvalue weighted by molar-refractivity contribution is -0.136. The predicted octanol–water partition coefficient (Wildman–Crippen LogP) is 2.01. The van der Waals surface area contributed by atoms with Crippen LogP contribution in [0.4, 0.5) is 0 Å². The van der Waals surface area contributed by atoms with Crippen LogP contribution >= 0.6 is 0 Å². The van der Waals surface area contributed by atoms with Gasteiger partial charge in [-0.15, -0.1) is 0 Å². The predicted molar refractivity (Wildman–Crippen MR) is 102 cm³/mol. The molecular formula is C19H36N4O2. The fourth-order valence-electron chi connectivity index (χ4n) is 3.30. The Morgan fingerprint density at radius 2 is 1.88 bits per heavy atom. The van der Waals surface area contributed by atoms with Crippen LogP contribution in [0.2, 0.25) is 0 Å². The molecule has 1 heterocycles. The Balaban J connectivity index is 1.62. The van der Waals surface area contributed by atoms with E-state index >= 15 is 0 Å². The zero-order chi connectivity index (χ0) is 18.1. The molecule has 0 atom stereocenters. The highest BCUT2D eigenvalue weighted by molar-refractivity contribution is 5.80. The number of hydrogen-bond acceptors (Lipinski definition) is 3. The first-order chi connectivity index (χ1) is 12.2. The first kappa shape index (κ1) is 20.0. The van der Waals surface area contributed by atoms with E-state index in [1.165, 1.54) is 12.8 Å². The number of rotatable bonds is 9. The van der Waals surface area contributed by atoms with Crippen LogP contribution in [0, 0.1) is 11.8 Å². The maximum absolute atomic E-state index is 12.5. The van der Waals surface area contributed by atoms with Gasteiger partial charge in [-0.25, -0.2) is 0 Å². The van der Waals surface area contributed by atoms with E-state index < -0.39 is 0 Å². The van der Waals surface area contributed by atoms with Crippen molar-refractivity contribution < 1.29 is 9.53 Å². The molecule has 6 nitrogen and oxygen atoms in total. The van der Waals surface area contributed by atoms with Crippen molar-refractivity contribution in [1.29, 1.82) is 0 Å². The second kappa shape index (κ2) is 10.6. The van der Waals surface area contributed by atoms with Crippen LogP contribution in [0.5, 0.6) is 0 Å². The first-order valence-corrected chi connectivity index (χ1v) is 10.0. The lowest BCUT2D eigenvalue weighted by Gasteiger charge is -2.34. The molecular weight excluding hydrogens is 316 g/mol. The Kier molecular flexibility index (Phi) is 8.52. The summed E-state index contributed by atoms with van der Waals surface area (Å²) in [5.41, 5.74) is 0. The van der Waals surface area contributed by atoms with Gasteiger partial charge in [0.05, 0.1) is 6.61 Å². The second-order valence-corrected chi connectivity index (χ2v) is 7.27. The number of piperidine rings is 1. The minimum atomic E-state index is 0.189. The van der Waals surface area contributed by atoms with Gasteiger partial charge in [-0.3, -0.25) is 9.79 Å². The summed E-state index contributed by atoms with van der Waals surface area (Å²) in [5, 5.41) is 6.79. The molecule has 2 rings (SSSR count). The maximum atomic E-state index is 12.5. The minimum Gasteiger partial charge on any atom is -0.379 e. The number of nitrogens with zero attached hydrogens (tertiary/aromatic N) is 2. The number of carbonyl (C=O) groups is 1. The molecule has 1 saturated carbocycles. The zero-order valence-corrected chi connectivity index (χ0v) is 16.2. The van der Waals surface area contributed by atoms with Gasteiger partial charge in [0, 0.05) is 45.2 Å². The molecule has 0 aromatic heterocycles. The molecule has 2 aliphatic rings. The Labute approximate surface area is 152 Å². The highest BCUT2D eigenvalue weighted by atomic mass is 16.5. The van der Waals surface area contributed by atoms with Crippen molar-refractivity contribution in [2.45, 2.75) is 58.4 Å². The molecule has 2 fully saturated rings. The van der Waals surface area contributed by atoms with Gasteiger partial charge in [0.25, 0.3) is 0 Å². The molecule has 25 heavy (non-hydrogen) atoms. The highest BCUT2D eigenvalue weighted by Gasteiger charge is 2.26. The van der Waals surface area contributed by atoms with Crippen molar-refractivity contribution in [3.63, 3.8) is 0 Å². The highest BCUT2D eigenvalue weighted by Crippen LogP contribution is 2.28. The molecule has 0 aromatic carbocycles. The smallest absolute Gasteiger partial charge is 0.225 e. The SMILES string of the molecule is CCC(CC)C(=O)N1CCC(NC(=NC)NCCOCC2CC2)CC1. The van der Waals surface area contributed by atoms with E-state index in [1.807, 2.05) is 4.90 Å². The largest absolute Gasteiger partial charge is 0.379 e. The molecule has 144 valence electrons. The van der Waals surface area contributed by atoms with Crippen molar-refractivity contribution in [1.82, 2.24) is 15.5 Å². The van der Waals surface area contributed by atoms with Crippen LogP contribution < -0.4 is 10.6 Å². The van der Waals surface area contributed by atoms with Crippen LogP contribution in [0.15, 0.2) is 4.99 Å². The lowest BCUT2D eigenvalue weighted by atomic mass is 9.98. The van der Waals surface area contributed by atoms with E-state index in [-0.39, 0.29) is 5.92 Å². The van der Waals surface area contributed by atoms with Crippen molar-refractivity contribution >= 4 is 11.9 Å². The molecule has 1 aliphatic heterocycles. The van der Waals surface area contributed by atoms with E-state index in [1.54, 1.807) is 7.05 Å². The molecule has 0 bridgehead atoms. The van der Waals surface area contributed by atoms with E-state index in [9.17, 15) is 4.79 Å². The minimum absolute atomic E-state index is 0.189. The summed E-state index contributed by atoms with van der Waals surface area (Å²) in [5.74, 6) is 2.17. The summed E-state index contributed by atoms with van der Waals surface area (Å²) in [6.45, 7) is 8.28. The first-order valence-electron chi connectivity index (χ1n) is 10.0. The standard InChI is InChI=1S/C19H36N4O2/c1-4-16(5-2)18(24)23-11-8-17(9-12-23)22-19(20-3)21-10-13-25-14-15-6-7-15/h15-17H,4-14H2,1-3H3,(H2,20,21,22). The van der Waals surface area contributed by atoms with Crippen molar-refractivity contribution in [2.24, 2.45) is 16.8 Å². The Morgan fingerprint density at radius 3 is 2.44 bits per heavy atom. The third-order valence-corrected chi connectivity index (χ3v) is 5.30. The number of hydrogen-bond donors (Lipinski definition) is 2. The number of nitrogens with one attached hydrogen (secondary N) is 2. The van der Waals surface area contributed by atoms with Gasteiger partial charge in [0.15, 0.2) is 5.96 Å². The molecule has 1 amide bonds. The summed E-state index contributed by atoms with van der Waals surface area (Å²) < 4.78 is 5.64. The quantitative estimate of drug-likeness (QED) is 0.378. The number of ether oxygens (including phenoxy) is 1. The normalized spacial score (nSPS) is 19.4. The molecule has 0 unspecified atom stereocenters. The molecule has 0 spiro atoms. The summed E-state index contributed by atoms with van der Waals surface area (Å²) in [6.07, 6.45) is 6.49. The molecule has 0 aromatic rings. The molecule has 2 N–H and O–H groups in total. The van der Waals surface area contributed by atoms with E-state index in [0.29, 0.717) is 11.9 Å². The van der Waals surface area contributed by atoms with E-state index in [2.05, 4.69) is 29.5 Å². The van der Waals surface area contributed by atoms with Gasteiger partial charge in [0.1, 0.15) is 0 Å². The summed E-state index contributed by atoms with van der Waals surface area (Å²) in [6, 6.07) is 0.379. The van der Waals surface area contributed by atoms with Gasteiger partial charge < -0.3 is 20.3 Å². The van der Waals surface area contributed by atoms with Crippen LogP contribution in [0.25, 0.3) is 0 Å². The van der Waals surface area contributed by atoms with E-state index in [0.717, 1.165) is 70.4 Å². The van der Waals surface area contributed by atoms with Gasteiger partial charge in [-0.05, 0) is 44.4 Å². The summed E-state index contributed by atoms with van der Waals surface area (Å²) >= 11 is 0. The average molecular weight is 353 g/mol. The number of aliphatic imine (C=N–C) groups is 1. The fraction of sp³-hybridized carbons (Fsp3) is 0.895. The maximum Gasteiger partial charge on any atom is 0.225 e. The van der Waals surface area contributed by atoms with Gasteiger partial charge in [-0.2, -0.15) is 0 Å². The fourth-order valence-corrected chi connectivity index (χ4v) is 3.30. The zero-order valence-electron chi connectivity index (χ0n) is 16.2. The molecule has 0 radical (unpaired) electrons. The number of likely N-dealkylation sites (tertiary alicyclic amines) is 1. The van der Waals surface area contributed by atoms with Crippen molar-refractivity contribution in [3.8, 4) is 0 Å². The van der Waals surface area contributed by atoms with Crippen molar-refractivity contribution in [2.75, 3.05) is 39.9 Å². The van der Waals surface area contributed by atoms with Crippen LogP contribution in [0.1, 0.15) is 52.4 Å². The van der Waals surface area contributed by atoms with E-state index in [4.69, 9.17) is 4.74 Å². The summed E-state index contributed by atoms with van der Waals surface area (Å²) in [4.78, 5) is 18.8. The number of carbonyl (C=O) groups excluding carboxylic acids is 1. The topological polar surface area (TPSA) is 66.0 Å². The average Bonchev–Trinajstić information content (AvgIpc) is 3.46. The van der Waals surface area contributed by atoms with Crippen molar-refractivity contribution in [3.05, 3.63) is 0 Å². The van der Waals surface area contributed by atoms with Gasteiger partial charge in [0.2, 0.25) is 5.91 Å². The molecule has 6 heteroatoms. The van der Waals surface area contributed by atoms with Gasteiger partial charge >= 0.3 is 0 Å². The summed E-state index contributed by atoms with van der Waals surface area (Å²) in [7, 11) is 1.80. The third kappa shape index (κ3) is 6.84. The van der Waals surface area contributed by atoms with Crippen LogP contribution in [-0.4, -0.2) is 62.7 Å². The Bertz CT molecular complexity index is 425. The van der Waals surface area contributed by atoms with Crippen LogP contribution in [-0.2, 0) is 9.53 Å². The molecule has 1 aliphatic carbocycles. The lowest BCUT2D eigenvalue weighted by Crippen LogP contribution is -2.51. The van der Waals surface area contributed by atoms with Crippen LogP contribution in [0.3, 0.4) is 0 Å². The Hall–Kier alpha value is -1.30. The number of amides is 1. The van der Waals surface area contributed by atoms with Gasteiger partial charge in [-0.1, -0.05) is 13.8 Å².